The number of nitrogens with zero attached hydrogens (tertiary/aromatic N) is 3. The monoisotopic (exact) mass is 278 g/mol. The maximum absolute atomic E-state index is 4.31. The van der Waals surface area contributed by atoms with Gasteiger partial charge in [-0.05, 0) is 49.4 Å². The van der Waals surface area contributed by atoms with Crippen molar-refractivity contribution in [3.8, 4) is 11.3 Å². The van der Waals surface area contributed by atoms with E-state index in [1.165, 1.54) is 12.8 Å². The van der Waals surface area contributed by atoms with Crippen molar-refractivity contribution in [2.75, 3.05) is 11.9 Å². The predicted molar refractivity (Wildman–Crippen MR) is 82.6 cm³/mol. The van der Waals surface area contributed by atoms with E-state index in [9.17, 15) is 0 Å². The van der Waals surface area contributed by atoms with Crippen LogP contribution in [0.4, 0.5) is 5.82 Å². The van der Waals surface area contributed by atoms with Crippen molar-refractivity contribution in [3.05, 3.63) is 42.9 Å². The van der Waals surface area contributed by atoms with Gasteiger partial charge in [-0.3, -0.25) is 5.10 Å². The van der Waals surface area contributed by atoms with E-state index in [4.69, 9.17) is 0 Å². The molecule has 0 amide bonds. The van der Waals surface area contributed by atoms with E-state index in [1.54, 1.807) is 0 Å². The Bertz CT molecular complexity index is 743. The van der Waals surface area contributed by atoms with Gasteiger partial charge < -0.3 is 5.32 Å². The summed E-state index contributed by atoms with van der Waals surface area (Å²) in [4.78, 5) is 0. The summed E-state index contributed by atoms with van der Waals surface area (Å²) >= 11 is 0. The summed E-state index contributed by atoms with van der Waals surface area (Å²) in [6.45, 7) is 0.953. The number of aromatic amines is 1. The number of rotatable bonds is 4. The van der Waals surface area contributed by atoms with Crippen LogP contribution in [0.2, 0.25) is 0 Å². The summed E-state index contributed by atoms with van der Waals surface area (Å²) in [5.41, 5.74) is 2.95. The summed E-state index contributed by atoms with van der Waals surface area (Å²) in [5, 5.41) is 20.0. The summed E-state index contributed by atoms with van der Waals surface area (Å²) in [5.74, 6) is 1.53. The van der Waals surface area contributed by atoms with Crippen LogP contribution in [0, 0.1) is 12.3 Å². The SMILES string of the molecule is [CH]1CCC1CNc1ccc(-c2ccc3[nH]ncc3c2)nn1. The first-order valence-electron chi connectivity index (χ1n) is 7.23. The first-order valence-corrected chi connectivity index (χ1v) is 7.23. The van der Waals surface area contributed by atoms with Gasteiger partial charge in [0, 0.05) is 17.5 Å². The molecule has 5 heteroatoms. The summed E-state index contributed by atoms with van der Waals surface area (Å²) < 4.78 is 0. The molecule has 1 aromatic carbocycles. The van der Waals surface area contributed by atoms with Crippen LogP contribution < -0.4 is 5.32 Å². The fourth-order valence-electron chi connectivity index (χ4n) is 2.51. The van der Waals surface area contributed by atoms with Gasteiger partial charge in [-0.1, -0.05) is 6.07 Å². The summed E-state index contributed by atoms with van der Waals surface area (Å²) in [6.07, 6.45) is 6.68. The quantitative estimate of drug-likeness (QED) is 0.769. The Morgan fingerprint density at radius 3 is 2.90 bits per heavy atom. The molecule has 1 aliphatic carbocycles. The molecule has 105 valence electrons. The van der Waals surface area contributed by atoms with Crippen LogP contribution in [-0.2, 0) is 0 Å². The van der Waals surface area contributed by atoms with Crippen LogP contribution in [0.1, 0.15) is 12.8 Å². The molecule has 1 fully saturated rings. The second-order valence-electron chi connectivity index (χ2n) is 5.43. The van der Waals surface area contributed by atoms with Crippen LogP contribution in [0.15, 0.2) is 36.5 Å². The zero-order valence-electron chi connectivity index (χ0n) is 11.6. The normalized spacial score (nSPS) is 15.0. The van der Waals surface area contributed by atoms with Crippen LogP contribution in [0.3, 0.4) is 0 Å². The maximum Gasteiger partial charge on any atom is 0.148 e. The highest BCUT2D eigenvalue weighted by molar-refractivity contribution is 5.83. The van der Waals surface area contributed by atoms with Gasteiger partial charge in [0.2, 0.25) is 0 Å². The Balaban J connectivity index is 1.51. The van der Waals surface area contributed by atoms with E-state index in [0.29, 0.717) is 5.92 Å². The highest BCUT2D eigenvalue weighted by atomic mass is 15.2. The van der Waals surface area contributed by atoms with Crippen LogP contribution >= 0.6 is 0 Å². The number of aromatic nitrogens is 4. The molecule has 4 rings (SSSR count). The molecule has 0 bridgehead atoms. The van der Waals surface area contributed by atoms with Gasteiger partial charge in [0.1, 0.15) is 5.82 Å². The van der Waals surface area contributed by atoms with Gasteiger partial charge in [0.25, 0.3) is 0 Å². The van der Waals surface area contributed by atoms with Crippen molar-refractivity contribution in [2.45, 2.75) is 12.8 Å². The Morgan fingerprint density at radius 2 is 2.14 bits per heavy atom. The van der Waals surface area contributed by atoms with Gasteiger partial charge in [0.15, 0.2) is 0 Å². The third-order valence-electron chi connectivity index (χ3n) is 3.98. The minimum atomic E-state index is 0.690. The number of benzene rings is 1. The van der Waals surface area contributed by atoms with Gasteiger partial charge in [-0.15, -0.1) is 10.2 Å². The highest BCUT2D eigenvalue weighted by Gasteiger charge is 2.17. The molecule has 0 spiro atoms. The van der Waals surface area contributed by atoms with Crippen molar-refractivity contribution >= 4 is 16.7 Å². The molecule has 21 heavy (non-hydrogen) atoms. The van der Waals surface area contributed by atoms with E-state index in [-0.39, 0.29) is 0 Å². The van der Waals surface area contributed by atoms with Crippen molar-refractivity contribution in [1.29, 1.82) is 0 Å². The van der Waals surface area contributed by atoms with Crippen LogP contribution in [-0.4, -0.2) is 26.9 Å². The van der Waals surface area contributed by atoms with Crippen molar-refractivity contribution in [3.63, 3.8) is 0 Å². The molecule has 5 nitrogen and oxygen atoms in total. The Labute approximate surface area is 122 Å². The third-order valence-corrected chi connectivity index (χ3v) is 3.98. The first-order chi connectivity index (χ1) is 10.4. The maximum atomic E-state index is 4.31. The Morgan fingerprint density at radius 1 is 1.19 bits per heavy atom. The topological polar surface area (TPSA) is 66.5 Å². The minimum Gasteiger partial charge on any atom is -0.368 e. The molecule has 1 saturated carbocycles. The number of hydrogen-bond acceptors (Lipinski definition) is 4. The number of nitrogens with one attached hydrogen (secondary N) is 2. The average molecular weight is 278 g/mol. The Kier molecular flexibility index (Phi) is 3.03. The molecule has 2 N–H and O–H groups in total. The first kappa shape index (κ1) is 12.3. The van der Waals surface area contributed by atoms with E-state index < -0.39 is 0 Å². The average Bonchev–Trinajstić information content (AvgIpc) is 2.94. The third kappa shape index (κ3) is 2.46. The smallest absolute Gasteiger partial charge is 0.148 e. The Hall–Kier alpha value is -2.43. The molecule has 2 aromatic heterocycles. The van der Waals surface area contributed by atoms with Gasteiger partial charge in [0.05, 0.1) is 17.4 Å². The highest BCUT2D eigenvalue weighted by Crippen LogP contribution is 2.25. The molecule has 1 atom stereocenters. The van der Waals surface area contributed by atoms with E-state index in [1.807, 2.05) is 30.5 Å². The van der Waals surface area contributed by atoms with Gasteiger partial charge >= 0.3 is 0 Å². The molecule has 0 saturated heterocycles. The lowest BCUT2D eigenvalue weighted by Crippen LogP contribution is -2.22. The minimum absolute atomic E-state index is 0.690. The molecule has 1 aliphatic rings. The van der Waals surface area contributed by atoms with Crippen LogP contribution in [0.5, 0.6) is 0 Å². The zero-order valence-corrected chi connectivity index (χ0v) is 11.6. The lowest BCUT2D eigenvalue weighted by molar-refractivity contribution is 0.453. The second kappa shape index (κ2) is 5.16. The lowest BCUT2D eigenvalue weighted by Gasteiger charge is -2.25. The molecule has 3 aromatic rings. The van der Waals surface area contributed by atoms with E-state index >= 15 is 0 Å². The van der Waals surface area contributed by atoms with Gasteiger partial charge in [-0.25, -0.2) is 0 Å². The van der Waals surface area contributed by atoms with Crippen molar-refractivity contribution in [1.82, 2.24) is 20.4 Å². The molecule has 2 heterocycles. The van der Waals surface area contributed by atoms with Gasteiger partial charge in [-0.2, -0.15) is 5.10 Å². The van der Waals surface area contributed by atoms with E-state index in [2.05, 4.69) is 38.2 Å². The van der Waals surface area contributed by atoms with E-state index in [0.717, 1.165) is 34.5 Å². The van der Waals surface area contributed by atoms with Crippen LogP contribution in [0.25, 0.3) is 22.2 Å². The molecule has 0 aliphatic heterocycles. The molecular weight excluding hydrogens is 262 g/mol. The predicted octanol–water partition coefficient (Wildman–Crippen LogP) is 3.05. The van der Waals surface area contributed by atoms with Crippen molar-refractivity contribution < 1.29 is 0 Å². The van der Waals surface area contributed by atoms with Crippen molar-refractivity contribution in [2.24, 2.45) is 5.92 Å². The lowest BCUT2D eigenvalue weighted by atomic mass is 9.85. The fraction of sp³-hybridized carbons (Fsp3) is 0.250. The number of anilines is 1. The second-order valence-corrected chi connectivity index (χ2v) is 5.43. The zero-order chi connectivity index (χ0) is 14.1. The summed E-state index contributed by atoms with van der Waals surface area (Å²) in [6, 6.07) is 10.1. The molecule has 1 unspecified atom stereocenters. The molecular formula is C16H16N5. The number of hydrogen-bond donors (Lipinski definition) is 2. The molecule has 1 radical (unpaired) electrons. The summed E-state index contributed by atoms with van der Waals surface area (Å²) in [7, 11) is 0. The standard InChI is InChI=1S/C16H16N5/c1-2-11(3-1)9-17-16-7-6-14(20-21-16)12-4-5-15-13(8-12)10-18-19-15/h2,4-8,10-11H,1,3,9H2,(H,17,21)(H,18,19). The number of fused-ring (bicyclic) bond motifs is 1. The number of H-pyrrole nitrogens is 1. The largest absolute Gasteiger partial charge is 0.368 e. The fourth-order valence-corrected chi connectivity index (χ4v) is 2.51.